The summed E-state index contributed by atoms with van der Waals surface area (Å²) in [6.45, 7) is 5.56. The van der Waals surface area contributed by atoms with Crippen LogP contribution in [0.5, 0.6) is 5.75 Å². The van der Waals surface area contributed by atoms with Crippen LogP contribution >= 0.6 is 0 Å². The average Bonchev–Trinajstić information content (AvgIpc) is 2.22. The van der Waals surface area contributed by atoms with Gasteiger partial charge in [0.05, 0.1) is 18.5 Å². The molecule has 0 aliphatic carbocycles. The van der Waals surface area contributed by atoms with Crippen LogP contribution in [0.3, 0.4) is 0 Å². The van der Waals surface area contributed by atoms with Crippen LogP contribution in [0.2, 0.25) is 0 Å². The molecular weight excluding hydrogens is 254 g/mol. The normalized spacial score (nSPS) is 11.8. The van der Waals surface area contributed by atoms with Gasteiger partial charge in [-0.1, -0.05) is 0 Å². The molecule has 102 valence electrons. The largest absolute Gasteiger partial charge is 0.508 e. The molecule has 5 nitrogen and oxygen atoms in total. The van der Waals surface area contributed by atoms with Crippen molar-refractivity contribution >= 4 is 15.7 Å². The number of aryl methyl sites for hydroxylation is 1. The molecule has 0 unspecified atom stereocenters. The van der Waals surface area contributed by atoms with E-state index in [2.05, 4.69) is 4.72 Å². The molecular formula is C12H19NO4S. The van der Waals surface area contributed by atoms with Crippen molar-refractivity contribution in [3.05, 3.63) is 23.8 Å². The third kappa shape index (κ3) is 4.93. The van der Waals surface area contributed by atoms with Crippen molar-refractivity contribution in [3.8, 4) is 5.75 Å². The van der Waals surface area contributed by atoms with Gasteiger partial charge in [0.25, 0.3) is 0 Å². The average molecular weight is 273 g/mol. The number of hydrogen-bond donors (Lipinski definition) is 2. The van der Waals surface area contributed by atoms with Crippen LogP contribution in [0.25, 0.3) is 0 Å². The lowest BCUT2D eigenvalue weighted by Crippen LogP contribution is -2.21. The second-order valence-corrected chi connectivity index (χ2v) is 6.18. The Bertz CT molecular complexity index is 497. The highest BCUT2D eigenvalue weighted by atomic mass is 32.2. The van der Waals surface area contributed by atoms with Crippen molar-refractivity contribution in [3.63, 3.8) is 0 Å². The molecule has 6 heteroatoms. The summed E-state index contributed by atoms with van der Waals surface area (Å²) < 4.78 is 31.1. The number of rotatable bonds is 6. The molecule has 0 aromatic heterocycles. The zero-order chi connectivity index (χ0) is 13.8. The van der Waals surface area contributed by atoms with Gasteiger partial charge in [0.2, 0.25) is 10.0 Å². The van der Waals surface area contributed by atoms with Crippen LogP contribution in [0, 0.1) is 6.92 Å². The molecule has 1 rings (SSSR count). The number of hydrogen-bond acceptors (Lipinski definition) is 4. The molecule has 0 heterocycles. The molecule has 1 aromatic carbocycles. The summed E-state index contributed by atoms with van der Waals surface area (Å²) in [6, 6.07) is 4.55. The molecule has 1 aromatic rings. The van der Waals surface area contributed by atoms with Crippen LogP contribution in [0.1, 0.15) is 19.4 Å². The monoisotopic (exact) mass is 273 g/mol. The van der Waals surface area contributed by atoms with Gasteiger partial charge in [0, 0.05) is 5.69 Å². The topological polar surface area (TPSA) is 75.6 Å². The first-order valence-electron chi connectivity index (χ1n) is 5.72. The minimum absolute atomic E-state index is 0.0103. The van der Waals surface area contributed by atoms with Gasteiger partial charge in [-0.05, 0) is 44.5 Å². The minimum atomic E-state index is -3.42. The van der Waals surface area contributed by atoms with Gasteiger partial charge in [0.1, 0.15) is 5.75 Å². The number of nitrogens with one attached hydrogen (secondary N) is 1. The molecule has 0 aliphatic rings. The maximum absolute atomic E-state index is 11.7. The molecule has 0 spiro atoms. The van der Waals surface area contributed by atoms with Crippen molar-refractivity contribution in [2.45, 2.75) is 26.9 Å². The predicted molar refractivity (Wildman–Crippen MR) is 71.3 cm³/mol. The summed E-state index contributed by atoms with van der Waals surface area (Å²) in [5.41, 5.74) is 1.06. The van der Waals surface area contributed by atoms with Crippen LogP contribution < -0.4 is 4.72 Å². The first-order valence-corrected chi connectivity index (χ1v) is 7.37. The van der Waals surface area contributed by atoms with Gasteiger partial charge in [-0.3, -0.25) is 4.72 Å². The summed E-state index contributed by atoms with van der Waals surface area (Å²) in [5, 5.41) is 9.35. The zero-order valence-corrected chi connectivity index (χ0v) is 11.6. The number of aromatic hydroxyl groups is 1. The molecule has 0 fully saturated rings. The second kappa shape index (κ2) is 6.06. The summed E-state index contributed by atoms with van der Waals surface area (Å²) >= 11 is 0. The van der Waals surface area contributed by atoms with Gasteiger partial charge < -0.3 is 9.84 Å². The van der Waals surface area contributed by atoms with E-state index in [1.165, 1.54) is 12.1 Å². The highest BCUT2D eigenvalue weighted by molar-refractivity contribution is 7.92. The molecule has 0 amide bonds. The third-order valence-electron chi connectivity index (χ3n) is 2.27. The third-order valence-corrected chi connectivity index (χ3v) is 3.52. The Morgan fingerprint density at radius 1 is 1.39 bits per heavy atom. The lowest BCUT2D eigenvalue weighted by atomic mass is 10.2. The maximum atomic E-state index is 11.7. The van der Waals surface area contributed by atoms with Gasteiger partial charge in [-0.15, -0.1) is 0 Å². The number of phenolic OH excluding ortho intramolecular Hbond substituents is 1. The Hall–Kier alpha value is -1.27. The van der Waals surface area contributed by atoms with Gasteiger partial charge in [-0.2, -0.15) is 0 Å². The van der Waals surface area contributed by atoms with E-state index in [0.717, 1.165) is 0 Å². The number of phenols is 1. The highest BCUT2D eigenvalue weighted by Gasteiger charge is 2.11. The Balaban J connectivity index is 2.62. The van der Waals surface area contributed by atoms with E-state index in [4.69, 9.17) is 4.74 Å². The fourth-order valence-corrected chi connectivity index (χ4v) is 2.25. The van der Waals surface area contributed by atoms with Crippen molar-refractivity contribution in [2.75, 3.05) is 17.1 Å². The summed E-state index contributed by atoms with van der Waals surface area (Å²) in [5.74, 6) is 0.0477. The Kier molecular flexibility index (Phi) is 4.98. The van der Waals surface area contributed by atoms with E-state index in [9.17, 15) is 13.5 Å². The molecule has 0 aliphatic heterocycles. The van der Waals surface area contributed by atoms with Crippen LogP contribution in [-0.2, 0) is 14.8 Å². The quantitative estimate of drug-likeness (QED) is 0.776. The smallest absolute Gasteiger partial charge is 0.235 e. The minimum Gasteiger partial charge on any atom is -0.508 e. The number of benzene rings is 1. The molecule has 0 saturated heterocycles. The van der Waals surface area contributed by atoms with E-state index in [1.807, 2.05) is 13.8 Å². The maximum Gasteiger partial charge on any atom is 0.235 e. The first kappa shape index (κ1) is 14.8. The fourth-order valence-electron chi connectivity index (χ4n) is 1.34. The summed E-state index contributed by atoms with van der Waals surface area (Å²) in [7, 11) is -3.42. The number of sulfonamides is 1. The van der Waals surface area contributed by atoms with Crippen molar-refractivity contribution < 1.29 is 18.3 Å². The zero-order valence-electron chi connectivity index (χ0n) is 10.8. The lowest BCUT2D eigenvalue weighted by Gasteiger charge is -2.11. The molecule has 0 radical (unpaired) electrons. The Labute approximate surface area is 108 Å². The van der Waals surface area contributed by atoms with Crippen molar-refractivity contribution in [1.82, 2.24) is 0 Å². The predicted octanol–water partition coefficient (Wildman–Crippen LogP) is 1.87. The van der Waals surface area contributed by atoms with Crippen LogP contribution in [-0.4, -0.2) is 32.0 Å². The van der Waals surface area contributed by atoms with E-state index in [1.54, 1.807) is 13.0 Å². The number of anilines is 1. The number of ether oxygens (including phenoxy) is 1. The highest BCUT2D eigenvalue weighted by Crippen LogP contribution is 2.20. The summed E-state index contributed by atoms with van der Waals surface area (Å²) in [4.78, 5) is 0. The SMILES string of the molecule is Cc1cc(NS(=O)(=O)CCOC(C)C)ccc1O. The molecule has 18 heavy (non-hydrogen) atoms. The van der Waals surface area contributed by atoms with E-state index in [0.29, 0.717) is 11.3 Å². The van der Waals surface area contributed by atoms with Gasteiger partial charge in [0.15, 0.2) is 0 Å². The van der Waals surface area contributed by atoms with E-state index >= 15 is 0 Å². The van der Waals surface area contributed by atoms with Crippen LogP contribution in [0.4, 0.5) is 5.69 Å². The van der Waals surface area contributed by atoms with E-state index < -0.39 is 10.0 Å². The van der Waals surface area contributed by atoms with Gasteiger partial charge in [-0.25, -0.2) is 8.42 Å². The fraction of sp³-hybridized carbons (Fsp3) is 0.500. The summed E-state index contributed by atoms with van der Waals surface area (Å²) in [6.07, 6.45) is 0.0103. The molecule has 0 atom stereocenters. The molecule has 2 N–H and O–H groups in total. The van der Waals surface area contributed by atoms with Gasteiger partial charge >= 0.3 is 0 Å². The Morgan fingerprint density at radius 2 is 2.06 bits per heavy atom. The molecule has 0 saturated carbocycles. The second-order valence-electron chi connectivity index (χ2n) is 4.34. The first-order chi connectivity index (χ1) is 8.30. The standard InChI is InChI=1S/C12H19NO4S/c1-9(2)17-6-7-18(15,16)13-11-4-5-12(14)10(3)8-11/h4-5,8-9,13-14H,6-7H2,1-3H3. The van der Waals surface area contributed by atoms with E-state index in [-0.39, 0.29) is 24.2 Å². The Morgan fingerprint density at radius 3 is 2.61 bits per heavy atom. The van der Waals surface area contributed by atoms with Crippen molar-refractivity contribution in [2.24, 2.45) is 0 Å². The van der Waals surface area contributed by atoms with Crippen molar-refractivity contribution in [1.29, 1.82) is 0 Å². The lowest BCUT2D eigenvalue weighted by molar-refractivity contribution is 0.0913. The van der Waals surface area contributed by atoms with Crippen LogP contribution in [0.15, 0.2) is 18.2 Å². The molecule has 0 bridgehead atoms.